The molecular weight excluding hydrogens is 421 g/mol. The Morgan fingerprint density at radius 2 is 1.84 bits per heavy atom. The molecule has 0 saturated heterocycles. The maximum absolute atomic E-state index is 12.2. The van der Waals surface area contributed by atoms with Crippen LogP contribution in [0.25, 0.3) is 0 Å². The zero-order valence-electron chi connectivity index (χ0n) is 12.5. The number of anilines is 1. The van der Waals surface area contributed by atoms with E-state index in [2.05, 4.69) is 15.5 Å². The lowest BCUT2D eigenvalue weighted by atomic mass is 10.2. The summed E-state index contributed by atoms with van der Waals surface area (Å²) in [4.78, 5) is 12.2. The van der Waals surface area contributed by atoms with Crippen LogP contribution in [0.5, 0.6) is 0 Å². The topological polar surface area (TPSA) is 54.9 Å². The van der Waals surface area contributed by atoms with Crippen LogP contribution in [-0.4, -0.2) is 16.1 Å². The summed E-state index contributed by atoms with van der Waals surface area (Å²) in [6.45, 7) is 0. The van der Waals surface area contributed by atoms with Gasteiger partial charge in [0, 0.05) is 5.75 Å². The van der Waals surface area contributed by atoms with Crippen molar-refractivity contribution in [1.82, 2.24) is 10.2 Å². The van der Waals surface area contributed by atoms with Crippen LogP contribution in [-0.2, 0) is 5.75 Å². The second-order valence-electron chi connectivity index (χ2n) is 4.84. The number of nitrogens with zero attached hydrogens (tertiary/aromatic N) is 2. The number of nitrogens with one attached hydrogen (secondary N) is 1. The molecule has 1 heterocycles. The molecule has 128 valence electrons. The second kappa shape index (κ2) is 8.38. The quantitative estimate of drug-likeness (QED) is 0.396. The number of hydrogen-bond donors (Lipinski definition) is 1. The van der Waals surface area contributed by atoms with Crippen LogP contribution in [0.1, 0.15) is 15.9 Å². The first-order valence-corrected chi connectivity index (χ1v) is 9.92. The Morgan fingerprint density at radius 3 is 2.60 bits per heavy atom. The van der Waals surface area contributed by atoms with Gasteiger partial charge in [-0.3, -0.25) is 10.1 Å². The molecule has 9 heteroatoms. The van der Waals surface area contributed by atoms with E-state index in [1.165, 1.54) is 23.1 Å². The van der Waals surface area contributed by atoms with Crippen molar-refractivity contribution >= 4 is 68.9 Å². The number of hydrogen-bond acceptors (Lipinski definition) is 5. The molecule has 0 saturated carbocycles. The van der Waals surface area contributed by atoms with E-state index in [1.54, 1.807) is 30.3 Å². The zero-order valence-corrected chi connectivity index (χ0v) is 16.4. The van der Waals surface area contributed by atoms with Gasteiger partial charge in [-0.25, -0.2) is 0 Å². The second-order valence-corrected chi connectivity index (χ2v) is 8.27. The molecule has 0 aliphatic rings. The van der Waals surface area contributed by atoms with Gasteiger partial charge in [0.2, 0.25) is 5.13 Å². The largest absolute Gasteiger partial charge is 0.296 e. The molecule has 0 aliphatic carbocycles. The molecule has 2 aromatic carbocycles. The summed E-state index contributed by atoms with van der Waals surface area (Å²) in [5.74, 6) is 0.354. The van der Waals surface area contributed by atoms with Crippen molar-refractivity contribution in [2.75, 3.05) is 5.32 Å². The average Bonchev–Trinajstić information content (AvgIpc) is 3.03. The minimum absolute atomic E-state index is 0.317. The van der Waals surface area contributed by atoms with Crippen LogP contribution in [0.2, 0.25) is 15.1 Å². The fraction of sp³-hybridized carbons (Fsp3) is 0.0625. The number of rotatable bonds is 5. The van der Waals surface area contributed by atoms with Crippen LogP contribution in [0.3, 0.4) is 0 Å². The van der Waals surface area contributed by atoms with E-state index < -0.39 is 0 Å². The predicted octanol–water partition coefficient (Wildman–Crippen LogP) is 6.04. The Morgan fingerprint density at radius 1 is 1.04 bits per heavy atom. The standard InChI is InChI=1S/C16H10Cl3N3OS2/c17-11-4-2-1-3-10(11)14(23)20-15-21-22-16(25-15)24-8-9-5-6-12(18)13(19)7-9/h1-7H,8H2,(H,20,21,23). The molecule has 3 rings (SSSR count). The lowest BCUT2D eigenvalue weighted by Crippen LogP contribution is -2.12. The van der Waals surface area contributed by atoms with Crippen LogP contribution >= 0.6 is 57.9 Å². The Hall–Kier alpha value is -1.31. The van der Waals surface area contributed by atoms with Gasteiger partial charge in [0.15, 0.2) is 4.34 Å². The number of aromatic nitrogens is 2. The number of carbonyl (C=O) groups excluding carboxylic acids is 1. The molecule has 4 nitrogen and oxygen atoms in total. The Kier molecular flexibility index (Phi) is 6.19. The number of carbonyl (C=O) groups is 1. The molecule has 1 N–H and O–H groups in total. The van der Waals surface area contributed by atoms with Gasteiger partial charge in [-0.05, 0) is 29.8 Å². The van der Waals surface area contributed by atoms with Gasteiger partial charge in [0.05, 0.1) is 20.6 Å². The first-order valence-electron chi connectivity index (χ1n) is 6.99. The summed E-state index contributed by atoms with van der Waals surface area (Å²) in [6.07, 6.45) is 0. The lowest BCUT2D eigenvalue weighted by Gasteiger charge is -2.02. The molecular formula is C16H10Cl3N3OS2. The predicted molar refractivity (Wildman–Crippen MR) is 105 cm³/mol. The minimum atomic E-state index is -0.317. The smallest absolute Gasteiger partial charge is 0.259 e. The van der Waals surface area contributed by atoms with Crippen LogP contribution in [0.4, 0.5) is 5.13 Å². The highest BCUT2D eigenvalue weighted by molar-refractivity contribution is 8.00. The molecule has 0 unspecified atom stereocenters. The Bertz CT molecular complexity index is 917. The van der Waals surface area contributed by atoms with E-state index in [0.717, 1.165) is 9.90 Å². The molecule has 0 fully saturated rings. The summed E-state index contributed by atoms with van der Waals surface area (Å²) >= 11 is 20.7. The van der Waals surface area contributed by atoms with E-state index >= 15 is 0 Å². The van der Waals surface area contributed by atoms with Crippen LogP contribution in [0.15, 0.2) is 46.8 Å². The molecule has 0 spiro atoms. The van der Waals surface area contributed by atoms with E-state index in [1.807, 2.05) is 12.1 Å². The molecule has 3 aromatic rings. The van der Waals surface area contributed by atoms with Crippen LogP contribution in [0, 0.1) is 0 Å². The number of halogens is 3. The van der Waals surface area contributed by atoms with Gasteiger partial charge < -0.3 is 0 Å². The van der Waals surface area contributed by atoms with Crippen molar-refractivity contribution < 1.29 is 4.79 Å². The Balaban J connectivity index is 1.61. The average molecular weight is 431 g/mol. The number of benzene rings is 2. The fourth-order valence-electron chi connectivity index (χ4n) is 1.90. The van der Waals surface area contributed by atoms with Gasteiger partial charge in [0.25, 0.3) is 5.91 Å². The fourth-order valence-corrected chi connectivity index (χ4v) is 4.14. The maximum atomic E-state index is 12.2. The summed E-state index contributed by atoms with van der Waals surface area (Å²) in [7, 11) is 0. The van der Waals surface area contributed by atoms with Gasteiger partial charge >= 0.3 is 0 Å². The number of thioether (sulfide) groups is 1. The SMILES string of the molecule is O=C(Nc1nnc(SCc2ccc(Cl)c(Cl)c2)s1)c1ccccc1Cl. The number of amides is 1. The van der Waals surface area contributed by atoms with Crippen molar-refractivity contribution in [2.24, 2.45) is 0 Å². The van der Waals surface area contributed by atoms with Crippen molar-refractivity contribution in [3.05, 3.63) is 68.7 Å². The Labute approximate surface area is 167 Å². The van der Waals surface area contributed by atoms with Crippen molar-refractivity contribution in [1.29, 1.82) is 0 Å². The monoisotopic (exact) mass is 429 g/mol. The molecule has 0 atom stereocenters. The summed E-state index contributed by atoms with van der Waals surface area (Å²) in [5, 5.41) is 12.6. The van der Waals surface area contributed by atoms with Gasteiger partial charge in [-0.15, -0.1) is 10.2 Å². The molecule has 1 amide bonds. The molecule has 0 aliphatic heterocycles. The zero-order chi connectivity index (χ0) is 17.8. The van der Waals surface area contributed by atoms with Gasteiger partial charge in [-0.2, -0.15) is 0 Å². The third kappa shape index (κ3) is 4.86. The summed E-state index contributed by atoms with van der Waals surface area (Å²) in [5.41, 5.74) is 1.42. The van der Waals surface area contributed by atoms with Crippen molar-refractivity contribution in [2.45, 2.75) is 10.1 Å². The van der Waals surface area contributed by atoms with E-state index in [9.17, 15) is 4.79 Å². The van der Waals surface area contributed by atoms with Crippen molar-refractivity contribution in [3.63, 3.8) is 0 Å². The highest BCUT2D eigenvalue weighted by atomic mass is 35.5. The van der Waals surface area contributed by atoms with E-state index in [0.29, 0.717) is 31.5 Å². The van der Waals surface area contributed by atoms with Crippen molar-refractivity contribution in [3.8, 4) is 0 Å². The third-order valence-electron chi connectivity index (χ3n) is 3.09. The highest BCUT2D eigenvalue weighted by Gasteiger charge is 2.13. The summed E-state index contributed by atoms with van der Waals surface area (Å²) in [6, 6.07) is 12.3. The molecule has 0 radical (unpaired) electrons. The lowest BCUT2D eigenvalue weighted by molar-refractivity contribution is 0.102. The van der Waals surface area contributed by atoms with Gasteiger partial charge in [0.1, 0.15) is 0 Å². The maximum Gasteiger partial charge on any atom is 0.259 e. The molecule has 25 heavy (non-hydrogen) atoms. The van der Waals surface area contributed by atoms with Crippen LogP contribution < -0.4 is 5.32 Å². The molecule has 0 bridgehead atoms. The van der Waals surface area contributed by atoms with Gasteiger partial charge in [-0.1, -0.05) is 76.1 Å². The highest BCUT2D eigenvalue weighted by Crippen LogP contribution is 2.31. The summed E-state index contributed by atoms with van der Waals surface area (Å²) < 4.78 is 0.737. The van der Waals surface area contributed by atoms with E-state index in [-0.39, 0.29) is 5.91 Å². The van der Waals surface area contributed by atoms with E-state index in [4.69, 9.17) is 34.8 Å². The first-order chi connectivity index (χ1) is 12.0. The minimum Gasteiger partial charge on any atom is -0.296 e. The molecule has 1 aromatic heterocycles. The first kappa shape index (κ1) is 18.5. The third-order valence-corrected chi connectivity index (χ3v) is 6.20. The normalized spacial score (nSPS) is 10.7.